The molecule has 1 aromatic heterocycles. The molecule has 1 amide bonds. The van der Waals surface area contributed by atoms with Crippen LogP contribution in [0.1, 0.15) is 6.42 Å². The number of thioether (sulfide) groups is 1. The van der Waals surface area contributed by atoms with Crippen molar-refractivity contribution in [1.82, 2.24) is 25.5 Å². The second-order valence-corrected chi connectivity index (χ2v) is 6.57. The summed E-state index contributed by atoms with van der Waals surface area (Å²) in [6.45, 7) is 4.38. The number of nitrogens with one attached hydrogen (secondary N) is 2. The van der Waals surface area contributed by atoms with E-state index in [9.17, 15) is 4.79 Å². The molecular weight excluding hydrogens is 465 g/mol. The molecule has 0 saturated carbocycles. The highest BCUT2D eigenvalue weighted by molar-refractivity contribution is 14.0. The van der Waals surface area contributed by atoms with Crippen molar-refractivity contribution in [3.8, 4) is 0 Å². The number of nitrogens with zero attached hydrogens (tertiary/aromatic N) is 5. The summed E-state index contributed by atoms with van der Waals surface area (Å²) in [4.78, 5) is 29.0. The Labute approximate surface area is 176 Å². The van der Waals surface area contributed by atoms with Crippen LogP contribution in [0.5, 0.6) is 0 Å². The zero-order valence-corrected chi connectivity index (χ0v) is 18.5. The second-order valence-electron chi connectivity index (χ2n) is 5.59. The van der Waals surface area contributed by atoms with Crippen molar-refractivity contribution in [3.63, 3.8) is 0 Å². The summed E-state index contributed by atoms with van der Waals surface area (Å²) in [6, 6.07) is 1.81. The van der Waals surface area contributed by atoms with Crippen molar-refractivity contribution < 1.29 is 4.79 Å². The summed E-state index contributed by atoms with van der Waals surface area (Å²) in [5, 5.41) is 6.40. The highest BCUT2D eigenvalue weighted by Gasteiger charge is 2.22. The van der Waals surface area contributed by atoms with Crippen LogP contribution in [-0.2, 0) is 4.79 Å². The molecule has 1 aliphatic heterocycles. The van der Waals surface area contributed by atoms with Crippen molar-refractivity contribution in [1.29, 1.82) is 0 Å². The third-order valence-electron chi connectivity index (χ3n) is 3.92. The largest absolute Gasteiger partial charge is 0.356 e. The lowest BCUT2D eigenvalue weighted by Crippen LogP contribution is -2.50. The lowest BCUT2D eigenvalue weighted by Gasteiger charge is -2.34. The highest BCUT2D eigenvalue weighted by atomic mass is 127. The van der Waals surface area contributed by atoms with Crippen LogP contribution < -0.4 is 15.5 Å². The first-order chi connectivity index (χ1) is 12.2. The van der Waals surface area contributed by atoms with E-state index >= 15 is 0 Å². The van der Waals surface area contributed by atoms with Crippen LogP contribution in [0.2, 0.25) is 0 Å². The number of carbonyl (C=O) groups excluding carboxylic acids is 1. The Hall–Kier alpha value is -1.30. The molecule has 0 spiro atoms. The molecule has 1 fully saturated rings. The summed E-state index contributed by atoms with van der Waals surface area (Å²) in [5.41, 5.74) is 0. The van der Waals surface area contributed by atoms with Gasteiger partial charge in [0.05, 0.1) is 0 Å². The Morgan fingerprint density at radius 3 is 2.46 bits per heavy atom. The fraction of sp³-hybridized carbons (Fsp3) is 0.625. The van der Waals surface area contributed by atoms with Crippen LogP contribution in [0.4, 0.5) is 5.95 Å². The first kappa shape index (κ1) is 22.7. The fourth-order valence-electron chi connectivity index (χ4n) is 2.55. The minimum atomic E-state index is 0. The van der Waals surface area contributed by atoms with Crippen molar-refractivity contribution in [3.05, 3.63) is 18.5 Å². The number of guanidine groups is 1. The quantitative estimate of drug-likeness (QED) is 0.250. The minimum absolute atomic E-state index is 0. The summed E-state index contributed by atoms with van der Waals surface area (Å²) in [7, 11) is 1.74. The molecule has 0 aromatic carbocycles. The number of rotatable bonds is 7. The van der Waals surface area contributed by atoms with E-state index in [1.165, 1.54) is 0 Å². The van der Waals surface area contributed by atoms with E-state index in [1.54, 1.807) is 37.3 Å². The number of hydrogen-bond donors (Lipinski definition) is 2. The predicted octanol–water partition coefficient (Wildman–Crippen LogP) is 0.661. The van der Waals surface area contributed by atoms with Gasteiger partial charge < -0.3 is 20.4 Å². The molecular formula is C16H28IN7OS. The SMILES string of the molecule is CN=C(NCCSC)NCCC(=O)N1CCN(c2ncccn2)CC1.I. The molecule has 2 rings (SSSR count). The van der Waals surface area contributed by atoms with Crippen LogP contribution in [0.15, 0.2) is 23.5 Å². The molecule has 2 N–H and O–H groups in total. The summed E-state index contributed by atoms with van der Waals surface area (Å²) in [6.07, 6.45) is 6.02. The number of piperazine rings is 1. The van der Waals surface area contributed by atoms with E-state index in [0.717, 1.165) is 37.3 Å². The number of aliphatic imine (C=N–C) groups is 1. The van der Waals surface area contributed by atoms with E-state index < -0.39 is 0 Å². The van der Waals surface area contributed by atoms with Crippen LogP contribution in [0, 0.1) is 0 Å². The summed E-state index contributed by atoms with van der Waals surface area (Å²) in [5.74, 6) is 2.67. The monoisotopic (exact) mass is 493 g/mol. The van der Waals surface area contributed by atoms with E-state index in [4.69, 9.17) is 0 Å². The minimum Gasteiger partial charge on any atom is -0.356 e. The van der Waals surface area contributed by atoms with E-state index in [0.29, 0.717) is 26.1 Å². The average Bonchev–Trinajstić information content (AvgIpc) is 2.67. The van der Waals surface area contributed by atoms with Gasteiger partial charge in [-0.25, -0.2) is 9.97 Å². The maximum Gasteiger partial charge on any atom is 0.225 e. The first-order valence-electron chi connectivity index (χ1n) is 8.47. The number of amides is 1. The Balaban J connectivity index is 0.00000338. The van der Waals surface area contributed by atoms with Gasteiger partial charge in [-0.15, -0.1) is 24.0 Å². The van der Waals surface area contributed by atoms with Crippen molar-refractivity contribution in [2.45, 2.75) is 6.42 Å². The van der Waals surface area contributed by atoms with Gasteiger partial charge in [0, 0.05) is 70.9 Å². The third-order valence-corrected chi connectivity index (χ3v) is 4.53. The third kappa shape index (κ3) is 7.52. The van der Waals surface area contributed by atoms with Gasteiger partial charge in [-0.2, -0.15) is 11.8 Å². The number of anilines is 1. The molecule has 0 atom stereocenters. The normalized spacial score (nSPS) is 14.6. The van der Waals surface area contributed by atoms with Gasteiger partial charge in [0.15, 0.2) is 5.96 Å². The maximum absolute atomic E-state index is 12.3. The van der Waals surface area contributed by atoms with Gasteiger partial charge in [0.25, 0.3) is 0 Å². The second kappa shape index (κ2) is 13.0. The Bertz CT molecular complexity index is 553. The van der Waals surface area contributed by atoms with Crippen molar-refractivity contribution >= 4 is 53.6 Å². The Kier molecular flexibility index (Phi) is 11.3. The summed E-state index contributed by atoms with van der Waals surface area (Å²) >= 11 is 1.78. The fourth-order valence-corrected chi connectivity index (χ4v) is 2.85. The maximum atomic E-state index is 12.3. The molecule has 0 unspecified atom stereocenters. The highest BCUT2D eigenvalue weighted by Crippen LogP contribution is 2.10. The zero-order chi connectivity index (χ0) is 17.9. The molecule has 0 bridgehead atoms. The molecule has 2 heterocycles. The average molecular weight is 493 g/mol. The van der Waals surface area contributed by atoms with E-state index in [-0.39, 0.29) is 29.9 Å². The molecule has 146 valence electrons. The summed E-state index contributed by atoms with van der Waals surface area (Å²) < 4.78 is 0. The molecule has 1 saturated heterocycles. The molecule has 0 radical (unpaired) electrons. The van der Waals surface area contributed by atoms with E-state index in [2.05, 4.69) is 36.7 Å². The van der Waals surface area contributed by atoms with Gasteiger partial charge in [0.2, 0.25) is 11.9 Å². The number of aromatic nitrogens is 2. The van der Waals surface area contributed by atoms with Crippen LogP contribution in [0.25, 0.3) is 0 Å². The smallest absolute Gasteiger partial charge is 0.225 e. The van der Waals surface area contributed by atoms with E-state index in [1.807, 2.05) is 4.90 Å². The predicted molar refractivity (Wildman–Crippen MR) is 119 cm³/mol. The topological polar surface area (TPSA) is 85.8 Å². The molecule has 26 heavy (non-hydrogen) atoms. The van der Waals surface area contributed by atoms with Gasteiger partial charge in [-0.1, -0.05) is 0 Å². The molecule has 10 heteroatoms. The van der Waals surface area contributed by atoms with Gasteiger partial charge >= 0.3 is 0 Å². The molecule has 1 aromatic rings. The first-order valence-corrected chi connectivity index (χ1v) is 9.87. The van der Waals surface area contributed by atoms with Crippen molar-refractivity contribution in [2.75, 3.05) is 63.2 Å². The van der Waals surface area contributed by atoms with Crippen molar-refractivity contribution in [2.24, 2.45) is 4.99 Å². The molecule has 0 aliphatic carbocycles. The lowest BCUT2D eigenvalue weighted by atomic mass is 10.3. The Morgan fingerprint density at radius 2 is 1.85 bits per heavy atom. The van der Waals surface area contributed by atoms with Crippen LogP contribution in [-0.4, -0.2) is 85.1 Å². The number of hydrogen-bond acceptors (Lipinski definition) is 6. The zero-order valence-electron chi connectivity index (χ0n) is 15.3. The standard InChI is InChI=1S/C16H27N7OS.HI/c1-17-15(19-8-13-25-2)18-7-4-14(24)22-9-11-23(12-10-22)16-20-5-3-6-21-16;/h3,5-6H,4,7-13H2,1-2H3,(H2,17,18,19);1H. The van der Waals surface area contributed by atoms with Gasteiger partial charge in [-0.3, -0.25) is 9.79 Å². The number of halogens is 1. The Morgan fingerprint density at radius 1 is 1.19 bits per heavy atom. The molecule has 8 nitrogen and oxygen atoms in total. The van der Waals surface area contributed by atoms with Crippen LogP contribution >= 0.6 is 35.7 Å². The van der Waals surface area contributed by atoms with Gasteiger partial charge in [-0.05, 0) is 12.3 Å². The van der Waals surface area contributed by atoms with Gasteiger partial charge in [0.1, 0.15) is 0 Å². The van der Waals surface area contributed by atoms with Crippen LogP contribution in [0.3, 0.4) is 0 Å². The molecule has 1 aliphatic rings. The number of carbonyl (C=O) groups is 1. The lowest BCUT2D eigenvalue weighted by molar-refractivity contribution is -0.131.